The molecule has 2 rings (SSSR count). The smallest absolute Gasteiger partial charge is 0.341 e. The van der Waals surface area contributed by atoms with E-state index in [2.05, 4.69) is 5.32 Å². The molecule has 5 nitrogen and oxygen atoms in total. The Morgan fingerprint density at radius 1 is 1.20 bits per heavy atom. The average molecular weight is 345 g/mol. The highest BCUT2D eigenvalue weighted by Crippen LogP contribution is 2.15. The molecule has 2 aromatic carbocycles. The Kier molecular flexibility index (Phi) is 6.51. The van der Waals surface area contributed by atoms with Crippen molar-refractivity contribution in [3.63, 3.8) is 0 Å². The van der Waals surface area contributed by atoms with Gasteiger partial charge in [0.05, 0.1) is 0 Å². The highest BCUT2D eigenvalue weighted by molar-refractivity contribution is 5.78. The first-order valence-electron chi connectivity index (χ1n) is 7.90. The minimum Gasteiger partial charge on any atom is -0.482 e. The van der Waals surface area contributed by atoms with Crippen LogP contribution in [0.25, 0.3) is 0 Å². The van der Waals surface area contributed by atoms with Gasteiger partial charge in [0.2, 0.25) is 5.91 Å². The van der Waals surface area contributed by atoms with Crippen molar-refractivity contribution in [2.45, 2.75) is 19.9 Å². The summed E-state index contributed by atoms with van der Waals surface area (Å²) in [4.78, 5) is 22.7. The normalized spacial score (nSPS) is 11.6. The summed E-state index contributed by atoms with van der Waals surface area (Å²) < 4.78 is 18.8. The molecule has 1 unspecified atom stereocenters. The minimum atomic E-state index is -1.05. The van der Waals surface area contributed by atoms with Crippen molar-refractivity contribution in [2.75, 3.05) is 6.61 Å². The zero-order valence-electron chi connectivity index (χ0n) is 13.9. The predicted octanol–water partition coefficient (Wildman–Crippen LogP) is 2.78. The Balaban J connectivity index is 1.87. The SMILES string of the molecule is CC(Cc1ccccc1F)C(=O)NCc1cccc(OCC(=O)O)c1. The van der Waals surface area contributed by atoms with Crippen LogP contribution in [0.2, 0.25) is 0 Å². The van der Waals surface area contributed by atoms with Crippen LogP contribution in [-0.4, -0.2) is 23.6 Å². The number of aliphatic carboxylic acids is 1. The maximum Gasteiger partial charge on any atom is 0.341 e. The topological polar surface area (TPSA) is 75.6 Å². The second kappa shape index (κ2) is 8.82. The maximum absolute atomic E-state index is 13.7. The van der Waals surface area contributed by atoms with Crippen molar-refractivity contribution in [1.82, 2.24) is 5.32 Å². The molecule has 0 aliphatic carbocycles. The Morgan fingerprint density at radius 2 is 1.96 bits per heavy atom. The molecule has 0 heterocycles. The van der Waals surface area contributed by atoms with Crippen LogP contribution in [0.15, 0.2) is 48.5 Å². The average Bonchev–Trinajstić information content (AvgIpc) is 2.60. The van der Waals surface area contributed by atoms with Crippen molar-refractivity contribution in [3.8, 4) is 5.75 Å². The predicted molar refractivity (Wildman–Crippen MR) is 90.7 cm³/mol. The van der Waals surface area contributed by atoms with Crippen molar-refractivity contribution in [1.29, 1.82) is 0 Å². The van der Waals surface area contributed by atoms with Gasteiger partial charge in [0.1, 0.15) is 11.6 Å². The number of carboxylic acid groups (broad SMARTS) is 1. The van der Waals surface area contributed by atoms with E-state index in [0.717, 1.165) is 5.56 Å². The highest BCUT2D eigenvalue weighted by atomic mass is 19.1. The van der Waals surface area contributed by atoms with E-state index in [0.29, 0.717) is 17.7 Å². The molecular weight excluding hydrogens is 325 g/mol. The second-order valence-electron chi connectivity index (χ2n) is 5.74. The number of rotatable bonds is 8. The molecular formula is C19H20FNO4. The van der Waals surface area contributed by atoms with E-state index in [1.165, 1.54) is 6.07 Å². The molecule has 0 aliphatic heterocycles. The highest BCUT2D eigenvalue weighted by Gasteiger charge is 2.15. The Labute approximate surface area is 145 Å². The van der Waals surface area contributed by atoms with Crippen LogP contribution >= 0.6 is 0 Å². The van der Waals surface area contributed by atoms with Gasteiger partial charge in [-0.1, -0.05) is 37.3 Å². The lowest BCUT2D eigenvalue weighted by Gasteiger charge is -2.13. The summed E-state index contributed by atoms with van der Waals surface area (Å²) in [5, 5.41) is 11.4. The number of carbonyl (C=O) groups excluding carboxylic acids is 1. The van der Waals surface area contributed by atoms with Crippen LogP contribution in [0, 0.1) is 11.7 Å². The molecule has 0 saturated heterocycles. The van der Waals surface area contributed by atoms with Gasteiger partial charge < -0.3 is 15.2 Å². The summed E-state index contributed by atoms with van der Waals surface area (Å²) in [6.45, 7) is 1.61. The van der Waals surface area contributed by atoms with Crippen LogP contribution in [0.3, 0.4) is 0 Å². The van der Waals surface area contributed by atoms with Gasteiger partial charge in [-0.3, -0.25) is 4.79 Å². The number of carbonyl (C=O) groups is 2. The Bertz CT molecular complexity index is 748. The fraction of sp³-hybridized carbons (Fsp3) is 0.263. The van der Waals surface area contributed by atoms with E-state index >= 15 is 0 Å². The van der Waals surface area contributed by atoms with E-state index in [-0.39, 0.29) is 24.2 Å². The Hall–Kier alpha value is -2.89. The van der Waals surface area contributed by atoms with E-state index < -0.39 is 12.6 Å². The summed E-state index contributed by atoms with van der Waals surface area (Å²) in [6, 6.07) is 13.2. The van der Waals surface area contributed by atoms with E-state index in [1.54, 1.807) is 49.4 Å². The van der Waals surface area contributed by atoms with Gasteiger partial charge in [0, 0.05) is 12.5 Å². The molecule has 0 bridgehead atoms. The Morgan fingerprint density at radius 3 is 2.68 bits per heavy atom. The molecule has 2 aromatic rings. The molecule has 0 spiro atoms. The first-order chi connectivity index (χ1) is 12.0. The first kappa shape index (κ1) is 18.4. The van der Waals surface area contributed by atoms with Crippen LogP contribution in [0.4, 0.5) is 4.39 Å². The van der Waals surface area contributed by atoms with E-state index in [4.69, 9.17) is 9.84 Å². The summed E-state index contributed by atoms with van der Waals surface area (Å²) in [5.74, 6) is -1.50. The van der Waals surface area contributed by atoms with Crippen molar-refractivity contribution >= 4 is 11.9 Å². The molecule has 1 amide bonds. The fourth-order valence-corrected chi connectivity index (χ4v) is 2.34. The molecule has 0 saturated carbocycles. The number of hydrogen-bond donors (Lipinski definition) is 2. The number of amides is 1. The van der Waals surface area contributed by atoms with Crippen molar-refractivity contribution in [2.24, 2.45) is 5.92 Å². The van der Waals surface area contributed by atoms with Crippen LogP contribution in [-0.2, 0) is 22.6 Å². The first-order valence-corrected chi connectivity index (χ1v) is 7.90. The molecule has 1 atom stereocenters. The van der Waals surface area contributed by atoms with Crippen LogP contribution in [0.5, 0.6) is 5.75 Å². The molecule has 0 fully saturated rings. The van der Waals surface area contributed by atoms with Gasteiger partial charge in [-0.05, 0) is 35.7 Å². The van der Waals surface area contributed by atoms with Crippen LogP contribution < -0.4 is 10.1 Å². The van der Waals surface area contributed by atoms with Gasteiger partial charge in [-0.15, -0.1) is 0 Å². The van der Waals surface area contributed by atoms with Gasteiger partial charge in [0.15, 0.2) is 6.61 Å². The third kappa shape index (κ3) is 5.91. The van der Waals surface area contributed by atoms with Gasteiger partial charge >= 0.3 is 5.97 Å². The summed E-state index contributed by atoms with van der Waals surface area (Å²) in [6.07, 6.45) is 0.320. The number of carboxylic acids is 1. The largest absolute Gasteiger partial charge is 0.482 e. The maximum atomic E-state index is 13.7. The number of nitrogens with one attached hydrogen (secondary N) is 1. The molecule has 0 radical (unpaired) electrons. The lowest BCUT2D eigenvalue weighted by atomic mass is 10.00. The third-order valence-electron chi connectivity index (χ3n) is 3.66. The van der Waals surface area contributed by atoms with Gasteiger partial charge in [-0.2, -0.15) is 0 Å². The molecule has 0 aliphatic rings. The summed E-state index contributed by atoms with van der Waals surface area (Å²) >= 11 is 0. The zero-order valence-corrected chi connectivity index (χ0v) is 13.9. The molecule has 132 valence electrons. The number of hydrogen-bond acceptors (Lipinski definition) is 3. The number of halogens is 1. The number of benzene rings is 2. The van der Waals surface area contributed by atoms with E-state index in [9.17, 15) is 14.0 Å². The summed E-state index contributed by atoms with van der Waals surface area (Å²) in [7, 11) is 0. The lowest BCUT2D eigenvalue weighted by Crippen LogP contribution is -2.30. The minimum absolute atomic E-state index is 0.180. The van der Waals surface area contributed by atoms with Gasteiger partial charge in [0.25, 0.3) is 0 Å². The summed E-state index contributed by atoms with van der Waals surface area (Å²) in [5.41, 5.74) is 1.29. The van der Waals surface area contributed by atoms with E-state index in [1.807, 2.05) is 0 Å². The number of ether oxygens (including phenoxy) is 1. The van der Waals surface area contributed by atoms with Crippen molar-refractivity contribution in [3.05, 3.63) is 65.5 Å². The molecule has 25 heavy (non-hydrogen) atoms. The standard InChI is InChI=1S/C19H20FNO4/c1-13(9-15-6-2-3-8-17(15)20)19(24)21-11-14-5-4-7-16(10-14)25-12-18(22)23/h2-8,10,13H,9,11-12H2,1H3,(H,21,24)(H,22,23). The van der Waals surface area contributed by atoms with Gasteiger partial charge in [-0.25, -0.2) is 9.18 Å². The monoisotopic (exact) mass is 345 g/mol. The van der Waals surface area contributed by atoms with Crippen molar-refractivity contribution < 1.29 is 23.8 Å². The molecule has 0 aromatic heterocycles. The molecule has 6 heteroatoms. The molecule has 2 N–H and O–H groups in total. The zero-order chi connectivity index (χ0) is 18.2. The van der Waals surface area contributed by atoms with Crippen LogP contribution in [0.1, 0.15) is 18.1 Å². The quantitative estimate of drug-likeness (QED) is 0.771. The fourth-order valence-electron chi connectivity index (χ4n) is 2.34. The third-order valence-corrected chi connectivity index (χ3v) is 3.66. The second-order valence-corrected chi connectivity index (χ2v) is 5.74. The lowest BCUT2D eigenvalue weighted by molar-refractivity contribution is -0.139.